The molecular formula is C28H29N5O3. The molecule has 1 aromatic heterocycles. The number of hydrogen-bond acceptors (Lipinski definition) is 5. The average Bonchev–Trinajstić information content (AvgIpc) is 3.18. The zero-order valence-electron chi connectivity index (χ0n) is 20.7. The molecule has 0 aliphatic carbocycles. The second kappa shape index (κ2) is 10.8. The number of anilines is 3. The standard InChI is InChI=1S/C28H29N5O3/c1-18-26(20(3)33(32-18)23-10-6-5-7-11-23)29-19(2)27(34)30-22-16-14-21(15-17-22)28(35)31-24-12-8-9-13-25(24)36-4/h5-17,19,29H,1-4H3,(H,30,34)(H,31,35). The SMILES string of the molecule is COc1ccccc1NC(=O)c1ccc(NC(=O)C(C)Nc2c(C)nn(-c3ccccc3)c2C)cc1. The zero-order chi connectivity index (χ0) is 25.7. The van der Waals surface area contributed by atoms with Gasteiger partial charge in [-0.1, -0.05) is 30.3 Å². The molecule has 0 spiro atoms. The van der Waals surface area contributed by atoms with E-state index in [-0.39, 0.29) is 11.8 Å². The maximum absolute atomic E-state index is 12.9. The molecule has 1 unspecified atom stereocenters. The number of amides is 2. The van der Waals surface area contributed by atoms with Crippen molar-refractivity contribution in [2.45, 2.75) is 26.8 Å². The number of carbonyl (C=O) groups is 2. The Morgan fingerprint density at radius 2 is 1.56 bits per heavy atom. The summed E-state index contributed by atoms with van der Waals surface area (Å²) < 4.78 is 7.13. The lowest BCUT2D eigenvalue weighted by Gasteiger charge is -2.16. The van der Waals surface area contributed by atoms with E-state index in [0.717, 1.165) is 22.8 Å². The van der Waals surface area contributed by atoms with Crippen LogP contribution >= 0.6 is 0 Å². The number of para-hydroxylation sites is 3. The summed E-state index contributed by atoms with van der Waals surface area (Å²) in [7, 11) is 1.55. The highest BCUT2D eigenvalue weighted by Crippen LogP contribution is 2.25. The molecule has 0 saturated carbocycles. The van der Waals surface area contributed by atoms with Gasteiger partial charge in [-0.15, -0.1) is 0 Å². The number of aromatic nitrogens is 2. The number of hydrogen-bond donors (Lipinski definition) is 3. The molecule has 3 aromatic carbocycles. The van der Waals surface area contributed by atoms with E-state index in [4.69, 9.17) is 4.74 Å². The molecule has 36 heavy (non-hydrogen) atoms. The van der Waals surface area contributed by atoms with E-state index in [2.05, 4.69) is 21.0 Å². The molecule has 4 aromatic rings. The molecule has 0 radical (unpaired) electrons. The van der Waals surface area contributed by atoms with E-state index in [1.165, 1.54) is 0 Å². The van der Waals surface area contributed by atoms with E-state index >= 15 is 0 Å². The number of benzene rings is 3. The number of nitrogens with zero attached hydrogens (tertiary/aromatic N) is 2. The first-order chi connectivity index (χ1) is 17.4. The lowest BCUT2D eigenvalue weighted by molar-refractivity contribution is -0.116. The monoisotopic (exact) mass is 483 g/mol. The molecule has 0 fully saturated rings. The molecule has 2 amide bonds. The van der Waals surface area contributed by atoms with E-state index < -0.39 is 6.04 Å². The van der Waals surface area contributed by atoms with Crippen LogP contribution < -0.4 is 20.7 Å². The fraction of sp³-hybridized carbons (Fsp3) is 0.179. The van der Waals surface area contributed by atoms with Crippen molar-refractivity contribution < 1.29 is 14.3 Å². The Balaban J connectivity index is 1.39. The highest BCUT2D eigenvalue weighted by molar-refractivity contribution is 6.05. The van der Waals surface area contributed by atoms with Crippen molar-refractivity contribution in [3.63, 3.8) is 0 Å². The lowest BCUT2D eigenvalue weighted by Crippen LogP contribution is -2.32. The quantitative estimate of drug-likeness (QED) is 0.321. The molecule has 3 N–H and O–H groups in total. The molecule has 0 bridgehead atoms. The van der Waals surface area contributed by atoms with Crippen LogP contribution in [0, 0.1) is 13.8 Å². The van der Waals surface area contributed by atoms with E-state index in [1.807, 2.05) is 61.0 Å². The Hall–Kier alpha value is -4.59. The van der Waals surface area contributed by atoms with Gasteiger partial charge >= 0.3 is 0 Å². The summed E-state index contributed by atoms with van der Waals surface area (Å²) in [6, 6.07) is 23.3. The van der Waals surface area contributed by atoms with E-state index in [9.17, 15) is 9.59 Å². The van der Waals surface area contributed by atoms with Gasteiger partial charge in [0.15, 0.2) is 0 Å². The molecule has 8 heteroatoms. The average molecular weight is 484 g/mol. The van der Waals surface area contributed by atoms with Gasteiger partial charge in [0.1, 0.15) is 11.8 Å². The van der Waals surface area contributed by atoms with Crippen molar-refractivity contribution in [3.8, 4) is 11.4 Å². The number of nitrogens with one attached hydrogen (secondary N) is 3. The van der Waals surface area contributed by atoms with Gasteiger partial charge in [0.05, 0.1) is 35.6 Å². The molecule has 1 heterocycles. The fourth-order valence-corrected chi connectivity index (χ4v) is 3.85. The third-order valence-corrected chi connectivity index (χ3v) is 5.82. The molecule has 8 nitrogen and oxygen atoms in total. The molecular weight excluding hydrogens is 454 g/mol. The van der Waals surface area contributed by atoms with Gasteiger partial charge in [-0.25, -0.2) is 4.68 Å². The minimum Gasteiger partial charge on any atom is -0.495 e. The lowest BCUT2D eigenvalue weighted by atomic mass is 10.1. The third-order valence-electron chi connectivity index (χ3n) is 5.82. The maximum Gasteiger partial charge on any atom is 0.255 e. The Morgan fingerprint density at radius 3 is 2.25 bits per heavy atom. The molecule has 1 atom stereocenters. The summed E-state index contributed by atoms with van der Waals surface area (Å²) in [5, 5.41) is 13.6. The van der Waals surface area contributed by atoms with Gasteiger partial charge < -0.3 is 20.7 Å². The Labute approximate surface area is 210 Å². The van der Waals surface area contributed by atoms with E-state index in [1.54, 1.807) is 50.4 Å². The fourth-order valence-electron chi connectivity index (χ4n) is 3.85. The highest BCUT2D eigenvalue weighted by Gasteiger charge is 2.19. The first-order valence-corrected chi connectivity index (χ1v) is 11.6. The molecule has 4 rings (SSSR count). The Bertz CT molecular complexity index is 1360. The summed E-state index contributed by atoms with van der Waals surface area (Å²) in [6.07, 6.45) is 0. The minimum atomic E-state index is -0.510. The summed E-state index contributed by atoms with van der Waals surface area (Å²) in [5.41, 5.74) is 5.15. The topological polar surface area (TPSA) is 97.3 Å². The van der Waals surface area contributed by atoms with Gasteiger partial charge in [0.2, 0.25) is 5.91 Å². The van der Waals surface area contributed by atoms with Crippen molar-refractivity contribution in [1.29, 1.82) is 0 Å². The first-order valence-electron chi connectivity index (χ1n) is 11.6. The van der Waals surface area contributed by atoms with Crippen molar-refractivity contribution in [2.75, 3.05) is 23.1 Å². The number of ether oxygens (including phenoxy) is 1. The predicted molar refractivity (Wildman–Crippen MR) is 142 cm³/mol. The summed E-state index contributed by atoms with van der Waals surface area (Å²) >= 11 is 0. The summed E-state index contributed by atoms with van der Waals surface area (Å²) in [6.45, 7) is 5.67. The van der Waals surface area contributed by atoms with Gasteiger partial charge in [-0.2, -0.15) is 5.10 Å². The summed E-state index contributed by atoms with van der Waals surface area (Å²) in [4.78, 5) is 25.5. The van der Waals surface area contributed by atoms with Crippen LogP contribution in [0.1, 0.15) is 28.7 Å². The van der Waals surface area contributed by atoms with E-state index in [0.29, 0.717) is 22.7 Å². The number of methoxy groups -OCH3 is 1. The van der Waals surface area contributed by atoms with Crippen molar-refractivity contribution in [1.82, 2.24) is 9.78 Å². The first kappa shape index (κ1) is 24.5. The van der Waals surface area contributed by atoms with Crippen molar-refractivity contribution in [2.24, 2.45) is 0 Å². The van der Waals surface area contributed by atoms with Crippen LogP contribution in [-0.4, -0.2) is 34.7 Å². The van der Waals surface area contributed by atoms with Gasteiger partial charge in [-0.05, 0) is 69.3 Å². The Kier molecular flexibility index (Phi) is 7.34. The number of carbonyl (C=O) groups excluding carboxylic acids is 2. The second-order valence-electron chi connectivity index (χ2n) is 8.38. The van der Waals surface area contributed by atoms with Crippen LogP contribution in [0.2, 0.25) is 0 Å². The molecule has 0 saturated heterocycles. The predicted octanol–water partition coefficient (Wildman–Crippen LogP) is 5.19. The molecule has 0 aliphatic rings. The normalized spacial score (nSPS) is 11.4. The summed E-state index contributed by atoms with van der Waals surface area (Å²) in [5.74, 6) is 0.109. The molecule has 184 valence electrons. The van der Waals surface area contributed by atoms with Gasteiger partial charge in [0, 0.05) is 11.3 Å². The van der Waals surface area contributed by atoms with Crippen LogP contribution in [0.25, 0.3) is 5.69 Å². The third kappa shape index (κ3) is 5.38. The number of rotatable bonds is 8. The van der Waals surface area contributed by atoms with Crippen LogP contribution in [0.5, 0.6) is 5.75 Å². The number of aryl methyl sites for hydroxylation is 1. The minimum absolute atomic E-state index is 0.201. The largest absolute Gasteiger partial charge is 0.495 e. The van der Waals surface area contributed by atoms with Crippen molar-refractivity contribution >= 4 is 28.9 Å². The van der Waals surface area contributed by atoms with Crippen LogP contribution in [0.4, 0.5) is 17.1 Å². The van der Waals surface area contributed by atoms with Gasteiger partial charge in [0.25, 0.3) is 5.91 Å². The van der Waals surface area contributed by atoms with Gasteiger partial charge in [-0.3, -0.25) is 9.59 Å². The van der Waals surface area contributed by atoms with Crippen LogP contribution in [0.3, 0.4) is 0 Å². The highest BCUT2D eigenvalue weighted by atomic mass is 16.5. The zero-order valence-corrected chi connectivity index (χ0v) is 20.7. The van der Waals surface area contributed by atoms with Crippen LogP contribution in [-0.2, 0) is 4.79 Å². The Morgan fingerprint density at radius 1 is 0.889 bits per heavy atom. The smallest absolute Gasteiger partial charge is 0.255 e. The van der Waals surface area contributed by atoms with Crippen molar-refractivity contribution in [3.05, 3.63) is 95.8 Å². The molecule has 0 aliphatic heterocycles. The maximum atomic E-state index is 12.9. The van der Waals surface area contributed by atoms with Crippen LogP contribution in [0.15, 0.2) is 78.9 Å². The second-order valence-corrected chi connectivity index (χ2v) is 8.38.